The molecule has 0 aliphatic rings. The van der Waals surface area contributed by atoms with E-state index in [0.717, 1.165) is 11.1 Å². The van der Waals surface area contributed by atoms with Crippen molar-refractivity contribution < 1.29 is 18.3 Å². The summed E-state index contributed by atoms with van der Waals surface area (Å²) < 4.78 is 28.7. The second-order valence-electron chi connectivity index (χ2n) is 7.36. The summed E-state index contributed by atoms with van der Waals surface area (Å²) in [5.74, 6) is -0.364. The van der Waals surface area contributed by atoms with E-state index < -0.39 is 10.0 Å². The number of sulfonamides is 1. The van der Waals surface area contributed by atoms with Crippen LogP contribution in [0.25, 0.3) is 0 Å². The summed E-state index contributed by atoms with van der Waals surface area (Å²) in [6, 6.07) is 21.1. The Morgan fingerprint density at radius 1 is 0.968 bits per heavy atom. The molecule has 2 N–H and O–H groups in total. The minimum absolute atomic E-state index is 0.131. The van der Waals surface area contributed by atoms with E-state index in [2.05, 4.69) is 4.72 Å². The van der Waals surface area contributed by atoms with E-state index in [0.29, 0.717) is 12.1 Å². The van der Waals surface area contributed by atoms with Crippen LogP contribution >= 0.6 is 0 Å². The molecule has 0 radical (unpaired) electrons. The van der Waals surface area contributed by atoms with Crippen molar-refractivity contribution in [1.29, 1.82) is 0 Å². The fourth-order valence-electron chi connectivity index (χ4n) is 3.30. The van der Waals surface area contributed by atoms with Crippen molar-refractivity contribution in [1.82, 2.24) is 4.90 Å². The number of hydrogen-bond acceptors (Lipinski definition) is 4. The monoisotopic (exact) mass is 438 g/mol. The van der Waals surface area contributed by atoms with Crippen LogP contribution in [-0.2, 0) is 16.6 Å². The lowest BCUT2D eigenvalue weighted by Gasteiger charge is -2.23. The molecule has 0 atom stereocenters. The van der Waals surface area contributed by atoms with Gasteiger partial charge in [0.1, 0.15) is 0 Å². The number of carbonyl (C=O) groups excluding carboxylic acids is 1. The maximum Gasteiger partial charge on any atom is 0.262 e. The quantitative estimate of drug-likeness (QED) is 0.561. The minimum atomic E-state index is -3.89. The third kappa shape index (κ3) is 5.51. The summed E-state index contributed by atoms with van der Waals surface area (Å²) in [5.41, 5.74) is 2.78. The Morgan fingerprint density at radius 2 is 1.65 bits per heavy atom. The highest BCUT2D eigenvalue weighted by molar-refractivity contribution is 7.92. The number of rotatable bonds is 8. The van der Waals surface area contributed by atoms with Gasteiger partial charge in [0.25, 0.3) is 15.9 Å². The molecule has 0 fully saturated rings. The number of anilines is 1. The zero-order chi connectivity index (χ0) is 22.4. The van der Waals surface area contributed by atoms with Gasteiger partial charge in [0.05, 0.1) is 22.8 Å². The largest absolute Gasteiger partial charge is 0.395 e. The number of carbonyl (C=O) groups is 1. The Hall–Kier alpha value is -3.16. The number of nitrogens with zero attached hydrogens (tertiary/aromatic N) is 1. The van der Waals surface area contributed by atoms with Crippen molar-refractivity contribution in [2.45, 2.75) is 25.3 Å². The number of benzene rings is 3. The molecule has 3 rings (SSSR count). The van der Waals surface area contributed by atoms with Gasteiger partial charge in [-0.1, -0.05) is 54.6 Å². The molecular formula is C24H26N2O4S. The third-order valence-corrected chi connectivity index (χ3v) is 6.42. The molecule has 0 spiro atoms. The van der Waals surface area contributed by atoms with Gasteiger partial charge >= 0.3 is 0 Å². The van der Waals surface area contributed by atoms with Crippen molar-refractivity contribution in [3.63, 3.8) is 0 Å². The Balaban J connectivity index is 1.93. The number of amides is 1. The zero-order valence-electron chi connectivity index (χ0n) is 17.6. The fraction of sp³-hybridized carbons (Fsp3) is 0.208. The van der Waals surface area contributed by atoms with E-state index >= 15 is 0 Å². The number of nitrogens with one attached hydrogen (secondary N) is 1. The highest BCUT2D eigenvalue weighted by atomic mass is 32.2. The van der Waals surface area contributed by atoms with E-state index in [-0.39, 0.29) is 35.2 Å². The number of para-hydroxylation sites is 1. The summed E-state index contributed by atoms with van der Waals surface area (Å²) in [6.07, 6.45) is 0. The van der Waals surface area contributed by atoms with Crippen LogP contribution in [0, 0.1) is 13.8 Å². The average Bonchev–Trinajstić information content (AvgIpc) is 2.75. The first-order valence-corrected chi connectivity index (χ1v) is 11.4. The van der Waals surface area contributed by atoms with E-state index in [4.69, 9.17) is 0 Å². The predicted molar refractivity (Wildman–Crippen MR) is 121 cm³/mol. The summed E-state index contributed by atoms with van der Waals surface area (Å²) in [6.45, 7) is 3.79. The van der Waals surface area contributed by atoms with Crippen LogP contribution in [0.5, 0.6) is 0 Å². The van der Waals surface area contributed by atoms with Crippen molar-refractivity contribution in [2.24, 2.45) is 0 Å². The van der Waals surface area contributed by atoms with Gasteiger partial charge in [-0.15, -0.1) is 0 Å². The van der Waals surface area contributed by atoms with Crippen molar-refractivity contribution in [3.8, 4) is 0 Å². The van der Waals surface area contributed by atoms with Gasteiger partial charge in [-0.25, -0.2) is 8.42 Å². The van der Waals surface area contributed by atoms with Crippen molar-refractivity contribution >= 4 is 21.6 Å². The third-order valence-electron chi connectivity index (χ3n) is 4.91. The van der Waals surface area contributed by atoms with Crippen LogP contribution < -0.4 is 4.72 Å². The van der Waals surface area contributed by atoms with Crippen LogP contribution in [0.15, 0.2) is 77.7 Å². The maximum absolute atomic E-state index is 13.3. The number of aliphatic hydroxyl groups excluding tert-OH is 1. The molecule has 0 aliphatic heterocycles. The lowest BCUT2D eigenvalue weighted by Crippen LogP contribution is -2.33. The molecule has 0 unspecified atom stereocenters. The topological polar surface area (TPSA) is 86.7 Å². The first-order chi connectivity index (χ1) is 14.8. The van der Waals surface area contributed by atoms with Gasteiger partial charge in [-0.3, -0.25) is 9.52 Å². The fourth-order valence-corrected chi connectivity index (χ4v) is 4.71. The molecule has 6 nitrogen and oxygen atoms in total. The second kappa shape index (κ2) is 9.76. The minimum Gasteiger partial charge on any atom is -0.395 e. The molecule has 0 aliphatic carbocycles. The number of aryl methyl sites for hydroxylation is 2. The Labute approximate surface area is 183 Å². The lowest BCUT2D eigenvalue weighted by molar-refractivity contribution is 0.0709. The summed E-state index contributed by atoms with van der Waals surface area (Å²) in [7, 11) is -3.89. The molecule has 7 heteroatoms. The summed E-state index contributed by atoms with van der Waals surface area (Å²) in [5, 5.41) is 9.47. The number of aliphatic hydroxyl groups is 1. The SMILES string of the molecule is Cc1ccc(C)c(S(=O)(=O)Nc2ccccc2C(=O)N(CCO)Cc2ccccc2)c1. The van der Waals surface area contributed by atoms with Crippen molar-refractivity contribution in [2.75, 3.05) is 17.9 Å². The molecule has 0 heterocycles. The van der Waals surface area contributed by atoms with Gasteiger partial charge in [-0.05, 0) is 48.7 Å². The smallest absolute Gasteiger partial charge is 0.262 e. The van der Waals surface area contributed by atoms with E-state index in [9.17, 15) is 18.3 Å². The number of hydrogen-bond donors (Lipinski definition) is 2. The normalized spacial score (nSPS) is 11.2. The first-order valence-electron chi connectivity index (χ1n) is 9.95. The molecule has 0 saturated heterocycles. The molecule has 0 bridgehead atoms. The standard InChI is InChI=1S/C24H26N2O4S/c1-18-12-13-19(2)23(16-18)31(29,30)25-22-11-7-6-10-21(22)24(28)26(14-15-27)17-20-8-4-3-5-9-20/h3-13,16,25,27H,14-15,17H2,1-2H3. The molecule has 3 aromatic rings. The highest BCUT2D eigenvalue weighted by Gasteiger charge is 2.23. The van der Waals surface area contributed by atoms with Crippen LogP contribution in [0.4, 0.5) is 5.69 Å². The molecular weight excluding hydrogens is 412 g/mol. The first kappa shape index (κ1) is 22.5. The van der Waals surface area contributed by atoms with Crippen LogP contribution in [-0.4, -0.2) is 37.5 Å². The maximum atomic E-state index is 13.3. The Bertz CT molecular complexity index is 1160. The van der Waals surface area contributed by atoms with Gasteiger partial charge in [0, 0.05) is 13.1 Å². The van der Waals surface area contributed by atoms with Crippen LogP contribution in [0.2, 0.25) is 0 Å². The van der Waals surface area contributed by atoms with Gasteiger partial charge in [-0.2, -0.15) is 0 Å². The molecule has 0 aromatic heterocycles. The molecule has 31 heavy (non-hydrogen) atoms. The molecule has 0 saturated carbocycles. The Kier molecular flexibility index (Phi) is 7.09. The predicted octanol–water partition coefficient (Wildman–Crippen LogP) is 3.74. The molecule has 162 valence electrons. The van der Waals surface area contributed by atoms with Gasteiger partial charge in [0.15, 0.2) is 0 Å². The molecule has 3 aromatic carbocycles. The van der Waals surface area contributed by atoms with E-state index in [1.54, 1.807) is 43.3 Å². The van der Waals surface area contributed by atoms with Crippen LogP contribution in [0.1, 0.15) is 27.0 Å². The molecule has 1 amide bonds. The van der Waals surface area contributed by atoms with Crippen molar-refractivity contribution in [3.05, 3.63) is 95.1 Å². The van der Waals surface area contributed by atoms with Gasteiger partial charge in [0.2, 0.25) is 0 Å². The van der Waals surface area contributed by atoms with Crippen LogP contribution in [0.3, 0.4) is 0 Å². The average molecular weight is 439 g/mol. The summed E-state index contributed by atoms with van der Waals surface area (Å²) >= 11 is 0. The van der Waals surface area contributed by atoms with E-state index in [1.807, 2.05) is 43.3 Å². The zero-order valence-corrected chi connectivity index (χ0v) is 18.4. The Morgan fingerprint density at radius 3 is 2.35 bits per heavy atom. The summed E-state index contributed by atoms with van der Waals surface area (Å²) in [4.78, 5) is 15.0. The lowest BCUT2D eigenvalue weighted by atomic mass is 10.1. The second-order valence-corrected chi connectivity index (χ2v) is 9.01. The van der Waals surface area contributed by atoms with Gasteiger partial charge < -0.3 is 10.0 Å². The highest BCUT2D eigenvalue weighted by Crippen LogP contribution is 2.24. The van der Waals surface area contributed by atoms with E-state index in [1.165, 1.54) is 4.90 Å².